The number of hydrogen-bond donors (Lipinski definition) is 2. The van der Waals surface area contributed by atoms with Gasteiger partial charge >= 0.3 is 6.18 Å². The Labute approximate surface area is 161 Å². The van der Waals surface area contributed by atoms with Crippen LogP contribution in [0, 0.1) is 0 Å². The van der Waals surface area contributed by atoms with Gasteiger partial charge in [0.1, 0.15) is 6.54 Å². The number of quaternary nitrogens is 1. The molecule has 3 N–H and O–H groups in total. The van der Waals surface area contributed by atoms with Crippen molar-refractivity contribution < 1.29 is 23.3 Å². The van der Waals surface area contributed by atoms with Crippen LogP contribution in [0.1, 0.15) is 22.7 Å². The number of alkyl halides is 3. The monoisotopic (exact) mass is 385 g/mol. The van der Waals surface area contributed by atoms with Gasteiger partial charge in [-0.15, -0.1) is 0 Å². The van der Waals surface area contributed by atoms with E-state index in [0.29, 0.717) is 6.54 Å². The molecule has 1 amide bonds. The van der Waals surface area contributed by atoms with Gasteiger partial charge in [0.15, 0.2) is 6.04 Å². The van der Waals surface area contributed by atoms with Crippen molar-refractivity contribution in [3.63, 3.8) is 0 Å². The van der Waals surface area contributed by atoms with E-state index in [1.807, 2.05) is 66.0 Å². The molecular formula is C22H20F3N2O+. The zero-order valence-electron chi connectivity index (χ0n) is 15.0. The molecule has 144 valence electrons. The van der Waals surface area contributed by atoms with Gasteiger partial charge in [-0.05, 0) is 18.2 Å². The van der Waals surface area contributed by atoms with Gasteiger partial charge in [0.05, 0.1) is 5.56 Å². The second kappa shape index (κ2) is 8.71. The molecule has 1 atom stereocenters. The van der Waals surface area contributed by atoms with E-state index in [9.17, 15) is 18.0 Å². The summed E-state index contributed by atoms with van der Waals surface area (Å²) in [6.45, 7) is 0.566. The van der Waals surface area contributed by atoms with E-state index in [1.165, 1.54) is 12.1 Å². The van der Waals surface area contributed by atoms with Crippen molar-refractivity contribution in [3.05, 3.63) is 102 Å². The molecule has 0 aliphatic heterocycles. The van der Waals surface area contributed by atoms with E-state index in [0.717, 1.165) is 23.3 Å². The summed E-state index contributed by atoms with van der Waals surface area (Å²) in [7, 11) is 0. The fourth-order valence-electron chi connectivity index (χ4n) is 2.92. The van der Waals surface area contributed by atoms with Crippen LogP contribution in [0.15, 0.2) is 84.9 Å². The summed E-state index contributed by atoms with van der Waals surface area (Å²) >= 11 is 0. The minimum absolute atomic E-state index is 0.119. The number of rotatable bonds is 6. The Bertz CT molecular complexity index is 912. The van der Waals surface area contributed by atoms with Gasteiger partial charge in [-0.2, -0.15) is 13.2 Å². The lowest BCUT2D eigenvalue weighted by molar-refractivity contribution is -0.697. The fraction of sp³-hybridized carbons (Fsp3) is 0.136. The predicted molar refractivity (Wildman–Crippen MR) is 101 cm³/mol. The molecule has 3 aromatic carbocycles. The summed E-state index contributed by atoms with van der Waals surface area (Å²) in [5.74, 6) is -0.374. The molecule has 0 aliphatic carbocycles. The number of hydrogen-bond acceptors (Lipinski definition) is 1. The first-order valence-electron chi connectivity index (χ1n) is 8.84. The lowest BCUT2D eigenvalue weighted by Gasteiger charge is -2.17. The number of carbonyl (C=O) groups excluding carboxylic acids is 1. The normalized spacial score (nSPS) is 12.4. The average Bonchev–Trinajstić information content (AvgIpc) is 2.69. The molecule has 0 aromatic heterocycles. The van der Waals surface area contributed by atoms with Crippen molar-refractivity contribution in [2.45, 2.75) is 18.8 Å². The van der Waals surface area contributed by atoms with E-state index < -0.39 is 17.8 Å². The largest absolute Gasteiger partial charge is 0.416 e. The first-order chi connectivity index (χ1) is 13.4. The Morgan fingerprint density at radius 1 is 0.893 bits per heavy atom. The molecular weight excluding hydrogens is 365 g/mol. The van der Waals surface area contributed by atoms with E-state index in [4.69, 9.17) is 0 Å². The minimum atomic E-state index is -4.46. The molecule has 0 bridgehead atoms. The smallest absolute Gasteiger partial charge is 0.328 e. The van der Waals surface area contributed by atoms with Crippen LogP contribution in [0.2, 0.25) is 0 Å². The van der Waals surface area contributed by atoms with Crippen LogP contribution in [0.4, 0.5) is 18.9 Å². The molecule has 0 saturated carbocycles. The lowest BCUT2D eigenvalue weighted by Crippen LogP contribution is -2.85. The minimum Gasteiger partial charge on any atom is -0.328 e. The Morgan fingerprint density at radius 3 is 2.18 bits per heavy atom. The van der Waals surface area contributed by atoms with E-state index in [2.05, 4.69) is 5.32 Å². The molecule has 28 heavy (non-hydrogen) atoms. The maximum atomic E-state index is 12.9. The molecule has 6 heteroatoms. The topological polar surface area (TPSA) is 45.7 Å². The molecule has 0 unspecified atom stereocenters. The third-order valence-electron chi connectivity index (χ3n) is 4.33. The molecule has 0 fully saturated rings. The maximum Gasteiger partial charge on any atom is 0.416 e. The van der Waals surface area contributed by atoms with Crippen LogP contribution in [0.3, 0.4) is 0 Å². The fourth-order valence-corrected chi connectivity index (χ4v) is 2.92. The number of anilines is 1. The highest BCUT2D eigenvalue weighted by molar-refractivity contribution is 5.94. The molecule has 0 heterocycles. The Hall–Kier alpha value is -3.12. The summed E-state index contributed by atoms with van der Waals surface area (Å²) in [4.78, 5) is 12.9. The first-order valence-corrected chi connectivity index (χ1v) is 8.84. The van der Waals surface area contributed by atoms with E-state index >= 15 is 0 Å². The zero-order chi connectivity index (χ0) is 20.0. The molecule has 3 aromatic rings. The summed E-state index contributed by atoms with van der Waals surface area (Å²) < 4.78 is 38.8. The number of carbonyl (C=O) groups is 1. The zero-order valence-corrected chi connectivity index (χ0v) is 15.0. The second-order valence-electron chi connectivity index (χ2n) is 6.38. The summed E-state index contributed by atoms with van der Waals surface area (Å²) in [5.41, 5.74) is 1.15. The van der Waals surface area contributed by atoms with Gasteiger partial charge in [-0.25, -0.2) is 0 Å². The number of nitrogens with one attached hydrogen (secondary N) is 1. The molecule has 0 saturated heterocycles. The maximum absolute atomic E-state index is 12.9. The third-order valence-corrected chi connectivity index (χ3v) is 4.33. The van der Waals surface area contributed by atoms with Gasteiger partial charge in [-0.1, -0.05) is 66.7 Å². The Kier molecular flexibility index (Phi) is 6.11. The van der Waals surface area contributed by atoms with Gasteiger partial charge in [-0.3, -0.25) is 4.79 Å². The number of amides is 1. The van der Waals surface area contributed by atoms with Gasteiger partial charge in [0.25, 0.3) is 5.91 Å². The van der Waals surface area contributed by atoms with Crippen molar-refractivity contribution in [3.8, 4) is 0 Å². The first kappa shape index (κ1) is 19.6. The van der Waals surface area contributed by atoms with E-state index in [1.54, 1.807) is 0 Å². The molecule has 0 radical (unpaired) electrons. The molecule has 0 spiro atoms. The summed E-state index contributed by atoms with van der Waals surface area (Å²) in [5, 5.41) is 4.49. The van der Waals surface area contributed by atoms with E-state index in [-0.39, 0.29) is 11.6 Å². The van der Waals surface area contributed by atoms with Crippen molar-refractivity contribution in [2.75, 3.05) is 5.32 Å². The number of nitrogens with two attached hydrogens (primary N) is 1. The SMILES string of the molecule is O=C(Nc1cccc(C(F)(F)F)c1)[C@@H]([NH2+]Cc1ccccc1)c1ccccc1. The third kappa shape index (κ3) is 5.20. The second-order valence-corrected chi connectivity index (χ2v) is 6.38. The summed E-state index contributed by atoms with van der Waals surface area (Å²) in [6.07, 6.45) is -4.46. The number of halogens is 3. The quantitative estimate of drug-likeness (QED) is 0.658. The Morgan fingerprint density at radius 2 is 1.54 bits per heavy atom. The Balaban J connectivity index is 1.79. The molecule has 3 rings (SSSR count). The molecule has 0 aliphatic rings. The highest BCUT2D eigenvalue weighted by atomic mass is 19.4. The standard InChI is InChI=1S/C22H19F3N2O/c23-22(24,25)18-12-7-13-19(14-18)27-21(28)20(17-10-5-2-6-11-17)26-15-16-8-3-1-4-9-16/h1-14,20,26H,15H2,(H,27,28)/p+1/t20-/m0/s1. The number of benzene rings is 3. The van der Waals surface area contributed by atoms with Crippen LogP contribution in [-0.2, 0) is 17.5 Å². The highest BCUT2D eigenvalue weighted by Crippen LogP contribution is 2.30. The highest BCUT2D eigenvalue weighted by Gasteiger charge is 2.31. The lowest BCUT2D eigenvalue weighted by atomic mass is 10.1. The van der Waals surface area contributed by atoms with Crippen LogP contribution in [0.25, 0.3) is 0 Å². The predicted octanol–water partition coefficient (Wildman–Crippen LogP) is 4.15. The average molecular weight is 385 g/mol. The van der Waals surface area contributed by atoms with Crippen molar-refractivity contribution in [1.82, 2.24) is 0 Å². The van der Waals surface area contributed by atoms with Gasteiger partial charge < -0.3 is 10.6 Å². The van der Waals surface area contributed by atoms with Crippen LogP contribution in [-0.4, -0.2) is 5.91 Å². The molecule has 3 nitrogen and oxygen atoms in total. The van der Waals surface area contributed by atoms with Crippen LogP contribution in [0.5, 0.6) is 0 Å². The summed E-state index contributed by atoms with van der Waals surface area (Å²) in [6, 6.07) is 22.9. The van der Waals surface area contributed by atoms with Crippen molar-refractivity contribution >= 4 is 11.6 Å². The van der Waals surface area contributed by atoms with Gasteiger partial charge in [0, 0.05) is 16.8 Å². The van der Waals surface area contributed by atoms with Crippen LogP contribution < -0.4 is 10.6 Å². The van der Waals surface area contributed by atoms with Gasteiger partial charge in [0.2, 0.25) is 0 Å². The van der Waals surface area contributed by atoms with Crippen molar-refractivity contribution in [1.29, 1.82) is 0 Å². The van der Waals surface area contributed by atoms with Crippen LogP contribution >= 0.6 is 0 Å². The van der Waals surface area contributed by atoms with Crippen molar-refractivity contribution in [2.24, 2.45) is 0 Å².